The molecule has 0 saturated carbocycles. The van der Waals surface area contributed by atoms with Crippen LogP contribution in [0.3, 0.4) is 0 Å². The number of amides is 1. The molecule has 2 aromatic carbocycles. The van der Waals surface area contributed by atoms with Crippen molar-refractivity contribution in [2.24, 2.45) is 5.92 Å². The van der Waals surface area contributed by atoms with Crippen LogP contribution in [0, 0.1) is 12.8 Å². The second-order valence-electron chi connectivity index (χ2n) is 6.85. The van der Waals surface area contributed by atoms with E-state index in [-0.39, 0.29) is 10.8 Å². The summed E-state index contributed by atoms with van der Waals surface area (Å²) in [4.78, 5) is 13.1. The van der Waals surface area contributed by atoms with Crippen LogP contribution in [0.25, 0.3) is 0 Å². The third-order valence-electron chi connectivity index (χ3n) is 4.77. The molecule has 0 fully saturated rings. The summed E-state index contributed by atoms with van der Waals surface area (Å²) in [5, 5.41) is 2.76. The van der Waals surface area contributed by atoms with E-state index in [0.717, 1.165) is 5.56 Å². The second kappa shape index (κ2) is 9.76. The van der Waals surface area contributed by atoms with E-state index in [4.69, 9.17) is 9.47 Å². The molecule has 0 aromatic heterocycles. The highest BCUT2D eigenvalue weighted by molar-refractivity contribution is 7.89. The summed E-state index contributed by atoms with van der Waals surface area (Å²) in [5.74, 6) is 0.290. The Morgan fingerprint density at radius 1 is 1.07 bits per heavy atom. The van der Waals surface area contributed by atoms with Gasteiger partial charge in [0.25, 0.3) is 0 Å². The SMILES string of the molecule is CC[C@@H](C)[C@@H](NS(=O)(=O)c1ccc(C)cc1)C(=O)Nc1cc(OC)ccc1OC. The van der Waals surface area contributed by atoms with Gasteiger partial charge in [0, 0.05) is 6.07 Å². The van der Waals surface area contributed by atoms with Gasteiger partial charge in [0.15, 0.2) is 0 Å². The molecule has 0 heterocycles. The Bertz CT molecular complexity index is 942. The van der Waals surface area contributed by atoms with Crippen molar-refractivity contribution in [3.63, 3.8) is 0 Å². The van der Waals surface area contributed by atoms with E-state index >= 15 is 0 Å². The number of carbonyl (C=O) groups excluding carboxylic acids is 1. The first kappa shape index (κ1) is 22.7. The lowest BCUT2D eigenvalue weighted by molar-refractivity contribution is -0.118. The van der Waals surface area contributed by atoms with Gasteiger partial charge in [0.2, 0.25) is 15.9 Å². The Balaban J connectivity index is 2.30. The molecule has 7 nitrogen and oxygen atoms in total. The van der Waals surface area contributed by atoms with E-state index in [9.17, 15) is 13.2 Å². The molecule has 2 N–H and O–H groups in total. The maximum atomic E-state index is 13.0. The highest BCUT2D eigenvalue weighted by Gasteiger charge is 2.30. The molecule has 29 heavy (non-hydrogen) atoms. The standard InChI is InChI=1S/C21H28N2O5S/c1-6-15(3)20(23-29(25,26)17-10-7-14(2)8-11-17)21(24)22-18-13-16(27-4)9-12-19(18)28-5/h7-13,15,20,23H,6H2,1-5H3,(H,22,24)/t15-,20-/m1/s1. The van der Waals surface area contributed by atoms with Crippen molar-refractivity contribution in [3.8, 4) is 11.5 Å². The summed E-state index contributed by atoms with van der Waals surface area (Å²) < 4.78 is 38.7. The van der Waals surface area contributed by atoms with Crippen molar-refractivity contribution >= 4 is 21.6 Å². The normalized spacial score (nSPS) is 13.4. The number of ether oxygens (including phenoxy) is 2. The first-order valence-corrected chi connectivity index (χ1v) is 10.8. The maximum absolute atomic E-state index is 13.0. The molecule has 1 amide bonds. The van der Waals surface area contributed by atoms with Gasteiger partial charge in [-0.05, 0) is 37.1 Å². The summed E-state index contributed by atoms with van der Waals surface area (Å²) in [7, 11) is -0.855. The van der Waals surface area contributed by atoms with E-state index < -0.39 is 22.0 Å². The van der Waals surface area contributed by atoms with Crippen LogP contribution in [0.4, 0.5) is 5.69 Å². The van der Waals surface area contributed by atoms with E-state index in [0.29, 0.717) is 23.6 Å². The molecule has 0 aliphatic rings. The van der Waals surface area contributed by atoms with Gasteiger partial charge < -0.3 is 14.8 Å². The highest BCUT2D eigenvalue weighted by Crippen LogP contribution is 2.29. The topological polar surface area (TPSA) is 93.7 Å². The van der Waals surface area contributed by atoms with Gasteiger partial charge >= 0.3 is 0 Å². The zero-order chi connectivity index (χ0) is 21.6. The lowest BCUT2D eigenvalue weighted by Gasteiger charge is -2.24. The highest BCUT2D eigenvalue weighted by atomic mass is 32.2. The van der Waals surface area contributed by atoms with Crippen LogP contribution in [0.15, 0.2) is 47.4 Å². The first-order valence-electron chi connectivity index (χ1n) is 9.33. The van der Waals surface area contributed by atoms with E-state index in [1.807, 2.05) is 20.8 Å². The Labute approximate surface area is 172 Å². The minimum atomic E-state index is -3.86. The fourth-order valence-corrected chi connectivity index (χ4v) is 4.04. The Morgan fingerprint density at radius 2 is 1.72 bits per heavy atom. The molecule has 0 aliphatic heterocycles. The number of hydrogen-bond acceptors (Lipinski definition) is 5. The minimum absolute atomic E-state index is 0.114. The van der Waals surface area contributed by atoms with Gasteiger partial charge in [0.05, 0.1) is 24.8 Å². The fourth-order valence-electron chi connectivity index (χ4n) is 2.74. The van der Waals surface area contributed by atoms with Crippen LogP contribution in [-0.2, 0) is 14.8 Å². The molecule has 0 spiro atoms. The Kier molecular flexibility index (Phi) is 7.64. The van der Waals surface area contributed by atoms with Gasteiger partial charge in [-0.2, -0.15) is 4.72 Å². The molecular weight excluding hydrogens is 392 g/mol. The van der Waals surface area contributed by atoms with Gasteiger partial charge in [-0.15, -0.1) is 0 Å². The van der Waals surface area contributed by atoms with Crippen molar-refractivity contribution in [3.05, 3.63) is 48.0 Å². The zero-order valence-corrected chi connectivity index (χ0v) is 18.2. The quantitative estimate of drug-likeness (QED) is 0.649. The molecule has 0 bridgehead atoms. The molecule has 0 radical (unpaired) electrons. The third kappa shape index (κ3) is 5.71. The third-order valence-corrected chi connectivity index (χ3v) is 6.23. The monoisotopic (exact) mass is 420 g/mol. The number of methoxy groups -OCH3 is 2. The van der Waals surface area contributed by atoms with Gasteiger partial charge in [-0.1, -0.05) is 38.0 Å². The van der Waals surface area contributed by atoms with Crippen molar-refractivity contribution in [2.75, 3.05) is 19.5 Å². The second-order valence-corrected chi connectivity index (χ2v) is 8.57. The predicted octanol–water partition coefficient (Wildman–Crippen LogP) is 3.34. The number of hydrogen-bond donors (Lipinski definition) is 2. The van der Waals surface area contributed by atoms with Gasteiger partial charge in [-0.25, -0.2) is 8.42 Å². The largest absolute Gasteiger partial charge is 0.497 e. The lowest BCUT2D eigenvalue weighted by Crippen LogP contribution is -2.47. The zero-order valence-electron chi connectivity index (χ0n) is 17.4. The maximum Gasteiger partial charge on any atom is 0.242 e. The van der Waals surface area contributed by atoms with Crippen LogP contribution in [0.1, 0.15) is 25.8 Å². The van der Waals surface area contributed by atoms with Crippen molar-refractivity contribution in [2.45, 2.75) is 38.1 Å². The fraction of sp³-hybridized carbons (Fsp3) is 0.381. The van der Waals surface area contributed by atoms with Crippen LogP contribution >= 0.6 is 0 Å². The number of aryl methyl sites for hydroxylation is 1. The molecule has 2 rings (SSSR count). The van der Waals surface area contributed by atoms with Crippen molar-refractivity contribution in [1.29, 1.82) is 0 Å². The number of anilines is 1. The van der Waals surface area contributed by atoms with Crippen molar-refractivity contribution < 1.29 is 22.7 Å². The average Bonchev–Trinajstić information content (AvgIpc) is 2.71. The lowest BCUT2D eigenvalue weighted by atomic mass is 9.99. The van der Waals surface area contributed by atoms with Crippen LogP contribution in [0.2, 0.25) is 0 Å². The smallest absolute Gasteiger partial charge is 0.242 e. The van der Waals surface area contributed by atoms with Crippen molar-refractivity contribution in [1.82, 2.24) is 4.72 Å². The Morgan fingerprint density at radius 3 is 2.28 bits per heavy atom. The number of nitrogens with one attached hydrogen (secondary N) is 2. The van der Waals surface area contributed by atoms with Gasteiger partial charge in [0.1, 0.15) is 17.5 Å². The predicted molar refractivity (Wildman–Crippen MR) is 113 cm³/mol. The Hall–Kier alpha value is -2.58. The molecule has 0 saturated heterocycles. The molecule has 0 aliphatic carbocycles. The molecule has 158 valence electrons. The molecule has 0 unspecified atom stereocenters. The number of rotatable bonds is 9. The molecule has 2 atom stereocenters. The summed E-state index contributed by atoms with van der Waals surface area (Å²) in [6.45, 7) is 5.60. The molecule has 2 aromatic rings. The van der Waals surface area contributed by atoms with Crippen LogP contribution in [-0.4, -0.2) is 34.6 Å². The van der Waals surface area contributed by atoms with E-state index in [1.165, 1.54) is 26.4 Å². The van der Waals surface area contributed by atoms with E-state index in [2.05, 4.69) is 10.0 Å². The molecule has 8 heteroatoms. The van der Waals surface area contributed by atoms with E-state index in [1.54, 1.807) is 30.3 Å². The van der Waals surface area contributed by atoms with Gasteiger partial charge in [-0.3, -0.25) is 4.79 Å². The number of carbonyl (C=O) groups is 1. The van der Waals surface area contributed by atoms with Crippen LogP contribution < -0.4 is 19.5 Å². The minimum Gasteiger partial charge on any atom is -0.497 e. The number of sulfonamides is 1. The first-order chi connectivity index (χ1) is 13.7. The number of benzene rings is 2. The average molecular weight is 421 g/mol. The summed E-state index contributed by atoms with van der Waals surface area (Å²) in [6.07, 6.45) is 0.615. The summed E-state index contributed by atoms with van der Waals surface area (Å²) >= 11 is 0. The summed E-state index contributed by atoms with van der Waals surface area (Å²) in [5.41, 5.74) is 1.35. The molecular formula is C21H28N2O5S. The summed E-state index contributed by atoms with van der Waals surface area (Å²) in [6, 6.07) is 10.5. The van der Waals surface area contributed by atoms with Crippen LogP contribution in [0.5, 0.6) is 11.5 Å².